The van der Waals surface area contributed by atoms with Gasteiger partial charge in [-0.2, -0.15) is 5.10 Å². The smallest absolute Gasteiger partial charge is 0.277 e. The molecule has 2 rings (SSSR count). The van der Waals surface area contributed by atoms with Gasteiger partial charge in [-0.15, -0.1) is 0 Å². The first-order chi connectivity index (χ1) is 10.5. The molecule has 7 heteroatoms. The lowest BCUT2D eigenvalue weighted by molar-refractivity contribution is -0.123. The summed E-state index contributed by atoms with van der Waals surface area (Å²) in [6.07, 6.45) is 1.42. The molecule has 1 N–H and O–H groups in total. The van der Waals surface area contributed by atoms with Crippen LogP contribution < -0.4 is 10.2 Å². The van der Waals surface area contributed by atoms with Gasteiger partial charge in [-0.3, -0.25) is 4.79 Å². The van der Waals surface area contributed by atoms with E-state index in [-0.39, 0.29) is 12.4 Å². The molecule has 22 heavy (non-hydrogen) atoms. The molecule has 4 nitrogen and oxygen atoms in total. The highest BCUT2D eigenvalue weighted by atomic mass is 79.9. The van der Waals surface area contributed by atoms with E-state index in [9.17, 15) is 9.18 Å². The van der Waals surface area contributed by atoms with Crippen molar-refractivity contribution in [1.82, 2.24) is 5.43 Å². The van der Waals surface area contributed by atoms with E-state index in [0.29, 0.717) is 11.3 Å². The molecular weight excluding hydrogens is 419 g/mol. The maximum Gasteiger partial charge on any atom is 0.277 e. The number of halogens is 3. The third-order valence-corrected chi connectivity index (χ3v) is 3.64. The third kappa shape index (κ3) is 5.23. The van der Waals surface area contributed by atoms with E-state index in [0.717, 1.165) is 8.95 Å². The number of amides is 1. The molecule has 0 aromatic heterocycles. The Balaban J connectivity index is 1.81. The van der Waals surface area contributed by atoms with Gasteiger partial charge in [-0.1, -0.05) is 28.1 Å². The van der Waals surface area contributed by atoms with Gasteiger partial charge in [0.2, 0.25) is 0 Å². The van der Waals surface area contributed by atoms with Crippen LogP contribution in [-0.2, 0) is 4.79 Å². The molecule has 2 aromatic rings. The fourth-order valence-electron chi connectivity index (χ4n) is 1.50. The summed E-state index contributed by atoms with van der Waals surface area (Å²) in [4.78, 5) is 11.6. The number of carbonyl (C=O) groups is 1. The molecular formula is C15H11Br2FN2O2. The molecule has 0 aliphatic carbocycles. The highest BCUT2D eigenvalue weighted by Gasteiger charge is 2.05. The molecule has 1 amide bonds. The number of rotatable bonds is 5. The molecule has 0 bridgehead atoms. The van der Waals surface area contributed by atoms with Gasteiger partial charge in [0, 0.05) is 4.47 Å². The summed E-state index contributed by atoms with van der Waals surface area (Å²) in [6.45, 7) is -0.166. The van der Waals surface area contributed by atoms with Crippen molar-refractivity contribution in [2.75, 3.05) is 6.61 Å². The van der Waals surface area contributed by atoms with E-state index in [2.05, 4.69) is 42.4 Å². The van der Waals surface area contributed by atoms with E-state index < -0.39 is 5.91 Å². The summed E-state index contributed by atoms with van der Waals surface area (Å²) in [7, 11) is 0. The Morgan fingerprint density at radius 3 is 2.64 bits per heavy atom. The van der Waals surface area contributed by atoms with Crippen molar-refractivity contribution in [2.45, 2.75) is 0 Å². The molecule has 2 aromatic carbocycles. The first-order valence-electron chi connectivity index (χ1n) is 6.20. The van der Waals surface area contributed by atoms with E-state index >= 15 is 0 Å². The third-order valence-electron chi connectivity index (χ3n) is 2.53. The Labute approximate surface area is 143 Å². The molecule has 0 fully saturated rings. The minimum absolute atomic E-state index is 0.166. The average molecular weight is 430 g/mol. The number of nitrogens with one attached hydrogen (secondary N) is 1. The van der Waals surface area contributed by atoms with Gasteiger partial charge in [0.15, 0.2) is 6.61 Å². The summed E-state index contributed by atoms with van der Waals surface area (Å²) < 4.78 is 19.7. The number of nitrogens with zero attached hydrogens (tertiary/aromatic N) is 1. The van der Waals surface area contributed by atoms with E-state index in [4.69, 9.17) is 4.74 Å². The lowest BCUT2D eigenvalue weighted by Gasteiger charge is -2.07. The molecule has 0 radical (unpaired) electrons. The van der Waals surface area contributed by atoms with Crippen molar-refractivity contribution >= 4 is 44.0 Å². The lowest BCUT2D eigenvalue weighted by Crippen LogP contribution is -2.24. The summed E-state index contributed by atoms with van der Waals surface area (Å²) in [5, 5.41) is 3.77. The highest BCUT2D eigenvalue weighted by Crippen LogP contribution is 2.27. The van der Waals surface area contributed by atoms with Crippen molar-refractivity contribution < 1.29 is 13.9 Å². The SMILES string of the molecule is O=C(COc1ccc(Br)cc1Br)N/N=C/c1ccc(F)cc1. The van der Waals surface area contributed by atoms with Gasteiger partial charge in [0.25, 0.3) is 5.91 Å². The molecule has 114 valence electrons. The zero-order valence-corrected chi connectivity index (χ0v) is 14.4. The van der Waals surface area contributed by atoms with E-state index in [1.807, 2.05) is 12.1 Å². The van der Waals surface area contributed by atoms with Gasteiger partial charge in [-0.05, 0) is 51.8 Å². The molecule has 0 saturated carbocycles. The molecule has 0 spiro atoms. The Bertz CT molecular complexity index is 690. The van der Waals surface area contributed by atoms with Crippen molar-refractivity contribution in [1.29, 1.82) is 0 Å². The quantitative estimate of drug-likeness (QED) is 0.579. The number of ether oxygens (including phenoxy) is 1. The second-order valence-electron chi connectivity index (χ2n) is 4.21. The zero-order valence-electron chi connectivity index (χ0n) is 11.2. The van der Waals surface area contributed by atoms with Crippen LogP contribution in [0, 0.1) is 5.82 Å². The maximum absolute atomic E-state index is 12.7. The van der Waals surface area contributed by atoms with Crippen LogP contribution in [0.4, 0.5) is 4.39 Å². The minimum Gasteiger partial charge on any atom is -0.483 e. The van der Waals surface area contributed by atoms with Crippen molar-refractivity contribution in [3.8, 4) is 5.75 Å². The first-order valence-corrected chi connectivity index (χ1v) is 7.78. The fraction of sp³-hybridized carbons (Fsp3) is 0.0667. The zero-order chi connectivity index (χ0) is 15.9. The molecule has 0 saturated heterocycles. The summed E-state index contributed by atoms with van der Waals surface area (Å²) in [6, 6.07) is 11.1. The second-order valence-corrected chi connectivity index (χ2v) is 5.98. The molecule has 0 aliphatic heterocycles. The highest BCUT2D eigenvalue weighted by molar-refractivity contribution is 9.11. The number of carbonyl (C=O) groups excluding carboxylic acids is 1. The van der Waals surface area contributed by atoms with Crippen LogP contribution >= 0.6 is 31.9 Å². The van der Waals surface area contributed by atoms with Crippen LogP contribution in [0.5, 0.6) is 5.75 Å². The molecule has 0 unspecified atom stereocenters. The summed E-state index contributed by atoms with van der Waals surface area (Å²) in [5.41, 5.74) is 3.01. The Hall–Kier alpha value is -1.73. The normalized spacial score (nSPS) is 10.7. The predicted octanol–water partition coefficient (Wildman–Crippen LogP) is 3.88. The van der Waals surface area contributed by atoms with Crippen LogP contribution in [0.15, 0.2) is 56.5 Å². The number of hydrogen-bond acceptors (Lipinski definition) is 3. The first kappa shape index (κ1) is 16.6. The van der Waals surface area contributed by atoms with E-state index in [1.165, 1.54) is 18.3 Å². The maximum atomic E-state index is 12.7. The van der Waals surface area contributed by atoms with Crippen LogP contribution in [0.25, 0.3) is 0 Å². The topological polar surface area (TPSA) is 50.7 Å². The Kier molecular flexibility index (Phi) is 6.09. The van der Waals surface area contributed by atoms with E-state index in [1.54, 1.807) is 18.2 Å². The van der Waals surface area contributed by atoms with Crippen molar-refractivity contribution in [3.05, 3.63) is 62.8 Å². The number of hydrazone groups is 1. The van der Waals surface area contributed by atoms with Gasteiger partial charge < -0.3 is 4.74 Å². The number of hydrogen-bond donors (Lipinski definition) is 1. The minimum atomic E-state index is -0.395. The Morgan fingerprint density at radius 2 is 1.95 bits per heavy atom. The molecule has 0 heterocycles. The standard InChI is InChI=1S/C15H11Br2FN2O2/c16-11-3-6-14(13(17)7-11)22-9-15(21)20-19-8-10-1-4-12(18)5-2-10/h1-8H,9H2,(H,20,21)/b19-8+. The lowest BCUT2D eigenvalue weighted by atomic mass is 10.2. The molecule has 0 atom stereocenters. The summed E-state index contributed by atoms with van der Waals surface area (Å²) >= 11 is 6.67. The number of benzene rings is 2. The van der Waals surface area contributed by atoms with Crippen LogP contribution in [0.3, 0.4) is 0 Å². The van der Waals surface area contributed by atoms with Crippen molar-refractivity contribution in [2.24, 2.45) is 5.10 Å². The monoisotopic (exact) mass is 428 g/mol. The van der Waals surface area contributed by atoms with Gasteiger partial charge in [-0.25, -0.2) is 9.82 Å². The predicted molar refractivity (Wildman–Crippen MR) is 89.5 cm³/mol. The van der Waals surface area contributed by atoms with Crippen molar-refractivity contribution in [3.63, 3.8) is 0 Å². The van der Waals surface area contributed by atoms with Gasteiger partial charge >= 0.3 is 0 Å². The van der Waals surface area contributed by atoms with Crippen LogP contribution in [-0.4, -0.2) is 18.7 Å². The van der Waals surface area contributed by atoms with Gasteiger partial charge in [0.1, 0.15) is 11.6 Å². The average Bonchev–Trinajstić information content (AvgIpc) is 2.48. The summed E-state index contributed by atoms with van der Waals surface area (Å²) in [5.74, 6) is -0.163. The second kappa shape index (κ2) is 8.05. The molecule has 0 aliphatic rings. The Morgan fingerprint density at radius 1 is 1.23 bits per heavy atom. The van der Waals surface area contributed by atoms with Gasteiger partial charge in [0.05, 0.1) is 10.7 Å². The van der Waals surface area contributed by atoms with Crippen LogP contribution in [0.2, 0.25) is 0 Å². The largest absolute Gasteiger partial charge is 0.483 e. The van der Waals surface area contributed by atoms with Crippen LogP contribution in [0.1, 0.15) is 5.56 Å². The fourth-order valence-corrected chi connectivity index (χ4v) is 2.66.